The van der Waals surface area contributed by atoms with E-state index in [1.54, 1.807) is 12.3 Å². The Balaban J connectivity index is 1.99. The summed E-state index contributed by atoms with van der Waals surface area (Å²) in [4.78, 5) is 4.24. The Hall–Kier alpha value is -1.60. The Labute approximate surface area is 108 Å². The SMILES string of the molecule is N#Cc1ccc(N[C@H]2CCCC[C@H]2CCO)nc1. The van der Waals surface area contributed by atoms with Crippen LogP contribution >= 0.6 is 0 Å². The molecule has 0 aliphatic heterocycles. The number of aliphatic hydroxyl groups excluding tert-OH is 1. The molecule has 4 nitrogen and oxygen atoms in total. The van der Waals surface area contributed by atoms with Crippen LogP contribution in [0.3, 0.4) is 0 Å². The third kappa shape index (κ3) is 3.21. The van der Waals surface area contributed by atoms with Gasteiger partial charge < -0.3 is 10.4 Å². The Kier molecular flexibility index (Phi) is 4.54. The molecule has 2 rings (SSSR count). The van der Waals surface area contributed by atoms with E-state index in [1.165, 1.54) is 19.3 Å². The first-order valence-corrected chi connectivity index (χ1v) is 6.57. The van der Waals surface area contributed by atoms with Gasteiger partial charge in [-0.1, -0.05) is 12.8 Å². The van der Waals surface area contributed by atoms with Crippen molar-refractivity contribution in [3.63, 3.8) is 0 Å². The fourth-order valence-corrected chi connectivity index (χ4v) is 2.64. The second-order valence-corrected chi connectivity index (χ2v) is 4.85. The molecule has 96 valence electrons. The molecule has 0 bridgehead atoms. The van der Waals surface area contributed by atoms with E-state index < -0.39 is 0 Å². The quantitative estimate of drug-likeness (QED) is 0.854. The van der Waals surface area contributed by atoms with Gasteiger partial charge in [0, 0.05) is 18.8 Å². The summed E-state index contributed by atoms with van der Waals surface area (Å²) in [6, 6.07) is 6.09. The molecule has 1 fully saturated rings. The molecular formula is C14H19N3O. The molecule has 1 aliphatic carbocycles. The predicted molar refractivity (Wildman–Crippen MR) is 70.0 cm³/mol. The minimum atomic E-state index is 0.254. The summed E-state index contributed by atoms with van der Waals surface area (Å²) in [5, 5.41) is 21.3. The van der Waals surface area contributed by atoms with Crippen molar-refractivity contribution in [2.45, 2.75) is 38.1 Å². The van der Waals surface area contributed by atoms with Crippen molar-refractivity contribution in [2.75, 3.05) is 11.9 Å². The van der Waals surface area contributed by atoms with Crippen LogP contribution < -0.4 is 5.32 Å². The monoisotopic (exact) mass is 245 g/mol. The lowest BCUT2D eigenvalue weighted by Crippen LogP contribution is -2.33. The van der Waals surface area contributed by atoms with Gasteiger partial charge in [0.05, 0.1) is 5.56 Å². The van der Waals surface area contributed by atoms with Crippen molar-refractivity contribution in [3.8, 4) is 6.07 Å². The Morgan fingerprint density at radius 1 is 1.39 bits per heavy atom. The third-order valence-corrected chi connectivity index (χ3v) is 3.63. The average molecular weight is 245 g/mol. The second-order valence-electron chi connectivity index (χ2n) is 4.85. The molecule has 0 spiro atoms. The largest absolute Gasteiger partial charge is 0.396 e. The van der Waals surface area contributed by atoms with Crippen LogP contribution in [0.5, 0.6) is 0 Å². The molecule has 4 heteroatoms. The molecule has 18 heavy (non-hydrogen) atoms. The van der Waals surface area contributed by atoms with Crippen molar-refractivity contribution in [1.29, 1.82) is 5.26 Å². The zero-order chi connectivity index (χ0) is 12.8. The van der Waals surface area contributed by atoms with Crippen molar-refractivity contribution in [3.05, 3.63) is 23.9 Å². The number of pyridine rings is 1. The number of anilines is 1. The Morgan fingerprint density at radius 2 is 2.22 bits per heavy atom. The standard InChI is InChI=1S/C14H19N3O/c15-9-11-5-6-14(16-10-11)17-13-4-2-1-3-12(13)7-8-18/h5-6,10,12-13,18H,1-4,7-8H2,(H,16,17)/t12-,13-/m0/s1. The van der Waals surface area contributed by atoms with Gasteiger partial charge in [0.1, 0.15) is 11.9 Å². The highest BCUT2D eigenvalue weighted by molar-refractivity contribution is 5.40. The number of aromatic nitrogens is 1. The average Bonchev–Trinajstić information content (AvgIpc) is 2.42. The molecule has 1 saturated carbocycles. The molecule has 1 aromatic heterocycles. The molecule has 0 unspecified atom stereocenters. The normalized spacial score (nSPS) is 23.3. The highest BCUT2D eigenvalue weighted by Crippen LogP contribution is 2.28. The number of nitriles is 1. The van der Waals surface area contributed by atoms with Crippen LogP contribution in [0, 0.1) is 17.2 Å². The van der Waals surface area contributed by atoms with E-state index in [4.69, 9.17) is 10.4 Å². The first kappa shape index (κ1) is 12.8. The van der Waals surface area contributed by atoms with Gasteiger partial charge in [-0.05, 0) is 37.3 Å². The second kappa shape index (κ2) is 6.36. The summed E-state index contributed by atoms with van der Waals surface area (Å²) in [7, 11) is 0. The fourth-order valence-electron chi connectivity index (χ4n) is 2.64. The maximum Gasteiger partial charge on any atom is 0.126 e. The van der Waals surface area contributed by atoms with Crippen LogP contribution in [-0.4, -0.2) is 22.7 Å². The first-order chi connectivity index (χ1) is 8.83. The van der Waals surface area contributed by atoms with Gasteiger partial charge in [-0.25, -0.2) is 4.98 Å². The van der Waals surface area contributed by atoms with Crippen LogP contribution in [0.15, 0.2) is 18.3 Å². The van der Waals surface area contributed by atoms with E-state index in [2.05, 4.69) is 16.4 Å². The predicted octanol–water partition coefficient (Wildman–Crippen LogP) is 2.31. The lowest BCUT2D eigenvalue weighted by molar-refractivity contribution is 0.219. The van der Waals surface area contributed by atoms with E-state index in [1.807, 2.05) is 6.07 Å². The molecule has 1 aromatic rings. The zero-order valence-corrected chi connectivity index (χ0v) is 10.5. The molecule has 0 aromatic carbocycles. The summed E-state index contributed by atoms with van der Waals surface area (Å²) in [6.07, 6.45) is 7.24. The lowest BCUT2D eigenvalue weighted by atomic mass is 9.82. The first-order valence-electron chi connectivity index (χ1n) is 6.57. The van der Waals surface area contributed by atoms with E-state index >= 15 is 0 Å². The van der Waals surface area contributed by atoms with Gasteiger partial charge in [0.15, 0.2) is 0 Å². The molecule has 2 atom stereocenters. The molecule has 0 saturated heterocycles. The van der Waals surface area contributed by atoms with E-state index in [0.29, 0.717) is 17.5 Å². The number of rotatable bonds is 4. The molecule has 0 radical (unpaired) electrons. The summed E-state index contributed by atoms with van der Waals surface area (Å²) in [5.74, 6) is 1.35. The lowest BCUT2D eigenvalue weighted by Gasteiger charge is -2.32. The summed E-state index contributed by atoms with van der Waals surface area (Å²) < 4.78 is 0. The number of nitrogens with one attached hydrogen (secondary N) is 1. The van der Waals surface area contributed by atoms with Crippen LogP contribution in [0.2, 0.25) is 0 Å². The van der Waals surface area contributed by atoms with Gasteiger partial charge in [0.25, 0.3) is 0 Å². The van der Waals surface area contributed by atoms with Crippen molar-refractivity contribution in [2.24, 2.45) is 5.92 Å². The maximum absolute atomic E-state index is 9.09. The smallest absolute Gasteiger partial charge is 0.126 e. The maximum atomic E-state index is 9.09. The number of hydrogen-bond acceptors (Lipinski definition) is 4. The van der Waals surface area contributed by atoms with Gasteiger partial charge in [-0.15, -0.1) is 0 Å². The van der Waals surface area contributed by atoms with Crippen molar-refractivity contribution < 1.29 is 5.11 Å². The van der Waals surface area contributed by atoms with Crippen LogP contribution in [0.4, 0.5) is 5.82 Å². The number of hydrogen-bond donors (Lipinski definition) is 2. The van der Waals surface area contributed by atoms with Gasteiger partial charge >= 0.3 is 0 Å². The van der Waals surface area contributed by atoms with E-state index in [-0.39, 0.29) is 6.61 Å². The van der Waals surface area contributed by atoms with Crippen LogP contribution in [0.25, 0.3) is 0 Å². The minimum Gasteiger partial charge on any atom is -0.396 e. The molecule has 0 amide bonds. The van der Waals surface area contributed by atoms with E-state index in [0.717, 1.165) is 18.7 Å². The van der Waals surface area contributed by atoms with Crippen molar-refractivity contribution >= 4 is 5.82 Å². The molecule has 2 N–H and O–H groups in total. The molecule has 1 heterocycles. The van der Waals surface area contributed by atoms with Crippen molar-refractivity contribution in [1.82, 2.24) is 4.98 Å². The number of nitrogens with zero attached hydrogens (tertiary/aromatic N) is 2. The Bertz CT molecular complexity index is 408. The topological polar surface area (TPSA) is 68.9 Å². The molecule has 1 aliphatic rings. The summed E-state index contributed by atoms with van der Waals surface area (Å²) >= 11 is 0. The Morgan fingerprint density at radius 3 is 2.89 bits per heavy atom. The highest BCUT2D eigenvalue weighted by Gasteiger charge is 2.24. The van der Waals surface area contributed by atoms with Gasteiger partial charge in [-0.2, -0.15) is 5.26 Å². The zero-order valence-electron chi connectivity index (χ0n) is 10.5. The minimum absolute atomic E-state index is 0.254. The van der Waals surface area contributed by atoms with Crippen LogP contribution in [0.1, 0.15) is 37.7 Å². The van der Waals surface area contributed by atoms with Crippen LogP contribution in [-0.2, 0) is 0 Å². The summed E-state index contributed by atoms with van der Waals surface area (Å²) in [6.45, 7) is 0.254. The van der Waals surface area contributed by atoms with Gasteiger partial charge in [0.2, 0.25) is 0 Å². The third-order valence-electron chi connectivity index (χ3n) is 3.63. The summed E-state index contributed by atoms with van der Waals surface area (Å²) in [5.41, 5.74) is 0.580. The highest BCUT2D eigenvalue weighted by atomic mass is 16.3. The van der Waals surface area contributed by atoms with E-state index in [9.17, 15) is 0 Å². The van der Waals surface area contributed by atoms with Gasteiger partial charge in [-0.3, -0.25) is 0 Å². The molecular weight excluding hydrogens is 226 g/mol. The number of aliphatic hydroxyl groups is 1. The fraction of sp³-hybridized carbons (Fsp3) is 0.571.